The second-order valence-corrected chi connectivity index (χ2v) is 6.17. The Bertz CT molecular complexity index is 366. The molecule has 0 aromatic heterocycles. The van der Waals surface area contributed by atoms with E-state index in [0.717, 1.165) is 16.6 Å². The normalized spacial score (nSPS) is 20.6. The van der Waals surface area contributed by atoms with Gasteiger partial charge in [0.05, 0.1) is 0 Å². The minimum atomic E-state index is -0.185. The molecule has 1 heterocycles. The minimum Gasteiger partial charge on any atom is -0.298 e. The molecule has 1 aromatic carbocycles. The first-order valence-electron chi connectivity index (χ1n) is 5.39. The number of halogens is 2. The maximum Gasteiger partial charge on any atom is 0.124 e. The summed E-state index contributed by atoms with van der Waals surface area (Å²) in [5.74, 6) is 2.30. The van der Waals surface area contributed by atoms with Gasteiger partial charge in [0, 0.05) is 22.8 Å². The Morgan fingerprint density at radius 1 is 1.56 bits per heavy atom. The molecule has 1 atom stereocenters. The van der Waals surface area contributed by atoms with Crippen molar-refractivity contribution in [1.29, 1.82) is 0 Å². The summed E-state index contributed by atoms with van der Waals surface area (Å²) >= 11 is 5.43. The average molecular weight is 304 g/mol. The quantitative estimate of drug-likeness (QED) is 0.840. The van der Waals surface area contributed by atoms with Crippen molar-refractivity contribution in [3.05, 3.63) is 34.1 Å². The van der Waals surface area contributed by atoms with Crippen LogP contribution in [-0.2, 0) is 6.54 Å². The Balaban J connectivity index is 2.02. The van der Waals surface area contributed by atoms with Crippen LogP contribution in [0, 0.1) is 5.82 Å². The van der Waals surface area contributed by atoms with Crippen LogP contribution in [0.15, 0.2) is 22.7 Å². The molecule has 0 spiro atoms. The average Bonchev–Trinajstić information content (AvgIpc) is 2.75. The van der Waals surface area contributed by atoms with E-state index in [9.17, 15) is 4.39 Å². The highest BCUT2D eigenvalue weighted by molar-refractivity contribution is 9.10. The molecule has 0 radical (unpaired) electrons. The molecule has 0 bridgehead atoms. The molecule has 16 heavy (non-hydrogen) atoms. The molecule has 0 N–H and O–H groups in total. The number of benzene rings is 1. The van der Waals surface area contributed by atoms with Gasteiger partial charge in [-0.3, -0.25) is 4.90 Å². The lowest BCUT2D eigenvalue weighted by molar-refractivity contribution is 0.254. The van der Waals surface area contributed by atoms with Crippen LogP contribution in [0.4, 0.5) is 4.39 Å². The largest absolute Gasteiger partial charge is 0.298 e. The zero-order valence-electron chi connectivity index (χ0n) is 9.25. The van der Waals surface area contributed by atoms with E-state index in [2.05, 4.69) is 27.9 Å². The third-order valence-corrected chi connectivity index (χ3v) is 4.85. The van der Waals surface area contributed by atoms with Crippen molar-refractivity contribution in [2.45, 2.75) is 19.0 Å². The predicted molar refractivity (Wildman–Crippen MR) is 71.3 cm³/mol. The van der Waals surface area contributed by atoms with E-state index >= 15 is 0 Å². The molecule has 1 aromatic rings. The van der Waals surface area contributed by atoms with Gasteiger partial charge in [-0.1, -0.05) is 22.0 Å². The van der Waals surface area contributed by atoms with Crippen LogP contribution in [0.3, 0.4) is 0 Å². The van der Waals surface area contributed by atoms with Gasteiger partial charge in [0.15, 0.2) is 0 Å². The number of rotatable bonds is 3. The summed E-state index contributed by atoms with van der Waals surface area (Å²) in [6, 6.07) is 5.59. The van der Waals surface area contributed by atoms with E-state index in [1.807, 2.05) is 17.8 Å². The van der Waals surface area contributed by atoms with Crippen LogP contribution in [0.1, 0.15) is 12.0 Å². The zero-order valence-corrected chi connectivity index (χ0v) is 11.7. The first kappa shape index (κ1) is 12.4. The second kappa shape index (κ2) is 5.52. The van der Waals surface area contributed by atoms with Crippen molar-refractivity contribution in [3.63, 3.8) is 0 Å². The first-order valence-corrected chi connectivity index (χ1v) is 7.33. The van der Waals surface area contributed by atoms with Gasteiger partial charge in [0.2, 0.25) is 0 Å². The molecule has 1 aliphatic rings. The molecular weight excluding hydrogens is 289 g/mol. The van der Waals surface area contributed by atoms with E-state index in [1.54, 1.807) is 0 Å². The third-order valence-electron chi connectivity index (χ3n) is 2.96. The topological polar surface area (TPSA) is 3.24 Å². The van der Waals surface area contributed by atoms with E-state index in [4.69, 9.17) is 0 Å². The standard InChI is InChI=1S/C12H15BrFNS/c1-15(11-4-5-16-8-11)7-9-2-3-10(14)6-12(9)13/h2-3,6,11H,4-5,7-8H2,1H3. The summed E-state index contributed by atoms with van der Waals surface area (Å²) in [4.78, 5) is 2.36. The van der Waals surface area contributed by atoms with E-state index < -0.39 is 0 Å². The van der Waals surface area contributed by atoms with Gasteiger partial charge in [0.25, 0.3) is 0 Å². The van der Waals surface area contributed by atoms with Gasteiger partial charge >= 0.3 is 0 Å². The van der Waals surface area contributed by atoms with Gasteiger partial charge in [0.1, 0.15) is 5.82 Å². The van der Waals surface area contributed by atoms with E-state index in [0.29, 0.717) is 6.04 Å². The number of nitrogens with zero attached hydrogens (tertiary/aromatic N) is 1. The van der Waals surface area contributed by atoms with Crippen LogP contribution in [0.25, 0.3) is 0 Å². The van der Waals surface area contributed by atoms with Gasteiger partial charge < -0.3 is 0 Å². The summed E-state index contributed by atoms with van der Waals surface area (Å²) in [6.45, 7) is 0.881. The molecule has 1 unspecified atom stereocenters. The minimum absolute atomic E-state index is 0.185. The molecule has 1 saturated heterocycles. The molecule has 0 amide bonds. The Kier molecular flexibility index (Phi) is 4.27. The Hall–Kier alpha value is -0.0600. The SMILES string of the molecule is CN(Cc1ccc(F)cc1Br)C1CCSC1. The molecule has 1 aliphatic heterocycles. The summed E-state index contributed by atoms with van der Waals surface area (Å²) in [7, 11) is 2.15. The Morgan fingerprint density at radius 3 is 3.00 bits per heavy atom. The highest BCUT2D eigenvalue weighted by Gasteiger charge is 2.20. The molecule has 0 saturated carbocycles. The zero-order chi connectivity index (χ0) is 11.5. The number of hydrogen-bond acceptors (Lipinski definition) is 2. The highest BCUT2D eigenvalue weighted by atomic mass is 79.9. The van der Waals surface area contributed by atoms with Crippen molar-refractivity contribution >= 4 is 27.7 Å². The van der Waals surface area contributed by atoms with Crippen molar-refractivity contribution in [2.75, 3.05) is 18.6 Å². The fraction of sp³-hybridized carbons (Fsp3) is 0.500. The number of hydrogen-bond donors (Lipinski definition) is 0. The van der Waals surface area contributed by atoms with Gasteiger partial charge in [-0.2, -0.15) is 11.8 Å². The van der Waals surface area contributed by atoms with Crippen LogP contribution < -0.4 is 0 Å². The van der Waals surface area contributed by atoms with Gasteiger partial charge in [-0.15, -0.1) is 0 Å². The summed E-state index contributed by atoms with van der Waals surface area (Å²) < 4.78 is 13.8. The number of thioether (sulfide) groups is 1. The molecule has 88 valence electrons. The lowest BCUT2D eigenvalue weighted by Crippen LogP contribution is -2.30. The molecule has 0 aliphatic carbocycles. The predicted octanol–water partition coefficient (Wildman–Crippen LogP) is 3.53. The molecule has 1 nitrogen and oxygen atoms in total. The fourth-order valence-corrected chi connectivity index (χ4v) is 3.69. The van der Waals surface area contributed by atoms with Crippen LogP contribution >= 0.6 is 27.7 Å². The summed E-state index contributed by atoms with van der Waals surface area (Å²) in [5.41, 5.74) is 1.15. The van der Waals surface area contributed by atoms with E-state index in [-0.39, 0.29) is 5.82 Å². The molecule has 4 heteroatoms. The first-order chi connectivity index (χ1) is 7.66. The Morgan fingerprint density at radius 2 is 2.38 bits per heavy atom. The third kappa shape index (κ3) is 2.99. The second-order valence-electron chi connectivity index (χ2n) is 4.17. The highest BCUT2D eigenvalue weighted by Crippen LogP contribution is 2.25. The van der Waals surface area contributed by atoms with Crippen LogP contribution in [0.2, 0.25) is 0 Å². The molecule has 1 fully saturated rings. The fourth-order valence-electron chi connectivity index (χ4n) is 1.92. The van der Waals surface area contributed by atoms with Gasteiger partial charge in [-0.05, 0) is 36.9 Å². The molecular formula is C12H15BrFNS. The van der Waals surface area contributed by atoms with Crippen molar-refractivity contribution in [2.24, 2.45) is 0 Å². The monoisotopic (exact) mass is 303 g/mol. The lowest BCUT2D eigenvalue weighted by atomic mass is 10.1. The summed E-state index contributed by atoms with van der Waals surface area (Å²) in [6.07, 6.45) is 1.26. The van der Waals surface area contributed by atoms with Crippen LogP contribution in [0.5, 0.6) is 0 Å². The van der Waals surface area contributed by atoms with E-state index in [1.165, 1.54) is 30.1 Å². The van der Waals surface area contributed by atoms with Crippen molar-refractivity contribution in [1.82, 2.24) is 4.90 Å². The van der Waals surface area contributed by atoms with Crippen LogP contribution in [-0.4, -0.2) is 29.5 Å². The smallest absolute Gasteiger partial charge is 0.124 e. The summed E-state index contributed by atoms with van der Waals surface area (Å²) in [5, 5.41) is 0. The van der Waals surface area contributed by atoms with Crippen molar-refractivity contribution < 1.29 is 4.39 Å². The molecule has 2 rings (SSSR count). The van der Waals surface area contributed by atoms with Crippen molar-refractivity contribution in [3.8, 4) is 0 Å². The maximum absolute atomic E-state index is 12.9. The maximum atomic E-state index is 12.9. The van der Waals surface area contributed by atoms with Gasteiger partial charge in [-0.25, -0.2) is 4.39 Å². The Labute approximate surface area is 109 Å². The lowest BCUT2D eigenvalue weighted by Gasteiger charge is -2.23.